The van der Waals surface area contributed by atoms with Crippen LogP contribution in [-0.4, -0.2) is 0 Å². The van der Waals surface area contributed by atoms with Gasteiger partial charge in [-0.25, -0.2) is 0 Å². The molecule has 286 valence electrons. The van der Waals surface area contributed by atoms with Crippen molar-refractivity contribution in [2.45, 2.75) is 38.5 Å². The lowest BCUT2D eigenvalue weighted by molar-refractivity contribution is 0.645. The number of nitrogens with zero attached hydrogens (tertiary/aromatic N) is 2. The van der Waals surface area contributed by atoms with Gasteiger partial charge in [-0.1, -0.05) is 137 Å². The van der Waals surface area contributed by atoms with E-state index in [4.69, 9.17) is 0 Å². The molecule has 2 aromatic heterocycles. The van der Waals surface area contributed by atoms with Gasteiger partial charge in [0.15, 0.2) is 0 Å². The van der Waals surface area contributed by atoms with E-state index in [1.54, 1.807) is 0 Å². The molecule has 0 spiro atoms. The fourth-order valence-electron chi connectivity index (χ4n) is 11.2. The maximum atomic E-state index is 2.51. The van der Waals surface area contributed by atoms with Gasteiger partial charge in [0.2, 0.25) is 0 Å². The van der Waals surface area contributed by atoms with Crippen LogP contribution < -0.4 is 9.80 Å². The summed E-state index contributed by atoms with van der Waals surface area (Å²) in [5, 5.41) is 10.6. The topological polar surface area (TPSA) is 6.48 Å². The average molecular weight is 805 g/mol. The van der Waals surface area contributed by atoms with E-state index >= 15 is 0 Å². The normalized spacial score (nSPS) is 15.2. The van der Waals surface area contributed by atoms with Crippen molar-refractivity contribution in [3.05, 3.63) is 192 Å². The van der Waals surface area contributed by atoms with Gasteiger partial charge in [-0.15, -0.1) is 22.7 Å². The van der Waals surface area contributed by atoms with Gasteiger partial charge in [0.25, 0.3) is 0 Å². The van der Waals surface area contributed by atoms with Crippen LogP contribution in [0.25, 0.3) is 61.9 Å². The molecule has 2 aliphatic rings. The third-order valence-electron chi connectivity index (χ3n) is 13.7. The van der Waals surface area contributed by atoms with E-state index in [0.29, 0.717) is 0 Å². The summed E-state index contributed by atoms with van der Waals surface area (Å²) in [6, 6.07) is 63.5. The summed E-state index contributed by atoms with van der Waals surface area (Å²) < 4.78 is 5.45. The lowest BCUT2D eigenvalue weighted by Gasteiger charge is -2.43. The first kappa shape index (κ1) is 34.4. The Morgan fingerprint density at radius 1 is 0.333 bits per heavy atom. The molecule has 0 atom stereocenters. The molecule has 4 heterocycles. The minimum Gasteiger partial charge on any atom is -0.310 e. The van der Waals surface area contributed by atoms with Crippen LogP contribution in [-0.2, 0) is 10.8 Å². The van der Waals surface area contributed by atoms with Crippen LogP contribution in [0.3, 0.4) is 0 Å². The quantitative estimate of drug-likeness (QED) is 0.172. The van der Waals surface area contributed by atoms with Gasteiger partial charge in [-0.3, -0.25) is 0 Å². The van der Waals surface area contributed by atoms with Crippen molar-refractivity contribution in [2.75, 3.05) is 9.80 Å². The molecular weight excluding hydrogens is 765 g/mol. The molecule has 9 aromatic carbocycles. The van der Waals surface area contributed by atoms with Gasteiger partial charge in [0.1, 0.15) is 0 Å². The zero-order valence-electron chi connectivity index (χ0n) is 33.9. The van der Waals surface area contributed by atoms with E-state index in [9.17, 15) is 0 Å². The number of anilines is 6. The zero-order valence-corrected chi connectivity index (χ0v) is 35.5. The van der Waals surface area contributed by atoms with Gasteiger partial charge in [-0.2, -0.15) is 0 Å². The minimum absolute atomic E-state index is 0.239. The Balaban J connectivity index is 1.06. The summed E-state index contributed by atoms with van der Waals surface area (Å²) in [5.74, 6) is 0. The number of hydrogen-bond donors (Lipinski definition) is 0. The molecule has 0 aliphatic carbocycles. The first-order valence-electron chi connectivity index (χ1n) is 20.9. The second-order valence-electron chi connectivity index (χ2n) is 17.7. The van der Waals surface area contributed by atoms with Crippen LogP contribution in [0.2, 0.25) is 0 Å². The molecule has 0 amide bonds. The van der Waals surface area contributed by atoms with Crippen molar-refractivity contribution in [1.82, 2.24) is 0 Å². The highest BCUT2D eigenvalue weighted by Crippen LogP contribution is 2.60. The van der Waals surface area contributed by atoms with E-state index in [1.165, 1.54) is 118 Å². The van der Waals surface area contributed by atoms with Crippen molar-refractivity contribution in [3.63, 3.8) is 0 Å². The second-order valence-corrected chi connectivity index (χ2v) is 19.8. The lowest BCUT2D eigenvalue weighted by Crippen LogP contribution is -2.31. The summed E-state index contributed by atoms with van der Waals surface area (Å²) >= 11 is 3.94. The highest BCUT2D eigenvalue weighted by atomic mass is 32.1. The molecular formula is C56H40N2S2. The van der Waals surface area contributed by atoms with Crippen LogP contribution in [0, 0.1) is 0 Å². The SMILES string of the molecule is CC1(C)c2c(ccc3ccccc23)N(c2ccccc2)c2ccc3c(sc4cc5c(cc43)sc3c4c(ccc35)N(c3ccccc3)c3ccc5ccccc5c3C4(C)C)c21. The highest BCUT2D eigenvalue weighted by molar-refractivity contribution is 7.27. The Bertz CT molecular complexity index is 3370. The second kappa shape index (κ2) is 12.1. The van der Waals surface area contributed by atoms with Crippen molar-refractivity contribution >= 4 is 119 Å². The van der Waals surface area contributed by atoms with Crippen molar-refractivity contribution in [2.24, 2.45) is 0 Å². The third kappa shape index (κ3) is 4.47. The number of thiophene rings is 2. The van der Waals surface area contributed by atoms with Crippen LogP contribution in [0.15, 0.2) is 170 Å². The predicted molar refractivity (Wildman–Crippen MR) is 261 cm³/mol. The van der Waals surface area contributed by atoms with Gasteiger partial charge in [0.05, 0.1) is 22.7 Å². The predicted octanol–water partition coefficient (Wildman–Crippen LogP) is 16.9. The van der Waals surface area contributed by atoms with Crippen molar-refractivity contribution in [3.8, 4) is 0 Å². The Kier molecular flexibility index (Phi) is 6.92. The Labute approximate surface area is 357 Å². The van der Waals surface area contributed by atoms with Gasteiger partial charge in [-0.05, 0) is 93.3 Å². The molecule has 0 unspecified atom stereocenters. The zero-order chi connectivity index (χ0) is 40.1. The Morgan fingerprint density at radius 2 is 0.700 bits per heavy atom. The third-order valence-corrected chi connectivity index (χ3v) is 16.0. The minimum atomic E-state index is -0.239. The summed E-state index contributed by atoms with van der Waals surface area (Å²) in [7, 11) is 0. The molecule has 2 nitrogen and oxygen atoms in total. The number of fused-ring (bicyclic) bond motifs is 16. The monoisotopic (exact) mass is 804 g/mol. The van der Waals surface area contributed by atoms with Gasteiger partial charge in [0, 0.05) is 73.7 Å². The molecule has 0 radical (unpaired) electrons. The first-order valence-corrected chi connectivity index (χ1v) is 22.6. The number of para-hydroxylation sites is 2. The van der Waals surface area contributed by atoms with E-state index in [0.717, 1.165) is 0 Å². The number of hydrogen-bond acceptors (Lipinski definition) is 4. The van der Waals surface area contributed by atoms with E-state index in [1.807, 2.05) is 22.7 Å². The fourth-order valence-corrected chi connectivity index (χ4v) is 14.0. The van der Waals surface area contributed by atoms with E-state index < -0.39 is 0 Å². The summed E-state index contributed by atoms with van der Waals surface area (Å²) in [4.78, 5) is 5.01. The molecule has 11 aromatic rings. The standard InChI is InChI=1S/C56H40N2S2/c1-55(2)49-37-21-13-11-15-33(37)23-27-43(49)57(35-17-7-5-8-18-35)45-29-25-39-41-31-48-42(32-47(41)59-53(39)51(45)55)40-26-30-46-52(54(40)60-48)56(3,4)50-38-22-14-12-16-34(38)24-28-44(50)58(46)36-19-9-6-10-20-36/h5-32H,1-4H3. The largest absolute Gasteiger partial charge is 0.310 e. The molecule has 13 rings (SSSR count). The molecule has 4 heteroatoms. The van der Waals surface area contributed by atoms with E-state index in [-0.39, 0.29) is 10.8 Å². The van der Waals surface area contributed by atoms with Crippen LogP contribution in [0.4, 0.5) is 34.1 Å². The number of rotatable bonds is 2. The Hall–Kier alpha value is -6.46. The van der Waals surface area contributed by atoms with E-state index in [2.05, 4.69) is 207 Å². The van der Waals surface area contributed by atoms with Crippen LogP contribution in [0.1, 0.15) is 49.9 Å². The smallest absolute Gasteiger partial charge is 0.0517 e. The maximum absolute atomic E-state index is 2.51. The number of benzene rings is 9. The Morgan fingerprint density at radius 3 is 1.13 bits per heavy atom. The average Bonchev–Trinajstić information content (AvgIpc) is 3.82. The summed E-state index contributed by atoms with van der Waals surface area (Å²) in [6.45, 7) is 9.78. The molecule has 0 bridgehead atoms. The summed E-state index contributed by atoms with van der Waals surface area (Å²) in [6.07, 6.45) is 0. The fraction of sp³-hybridized carbons (Fsp3) is 0.107. The van der Waals surface area contributed by atoms with Crippen molar-refractivity contribution < 1.29 is 0 Å². The molecule has 0 N–H and O–H groups in total. The first-order chi connectivity index (χ1) is 29.3. The van der Waals surface area contributed by atoms with Crippen LogP contribution >= 0.6 is 22.7 Å². The lowest BCUT2D eigenvalue weighted by atomic mass is 9.71. The van der Waals surface area contributed by atoms with Crippen molar-refractivity contribution in [1.29, 1.82) is 0 Å². The molecule has 0 fully saturated rings. The molecule has 0 saturated heterocycles. The molecule has 0 saturated carbocycles. The van der Waals surface area contributed by atoms with Gasteiger partial charge >= 0.3 is 0 Å². The highest BCUT2D eigenvalue weighted by Gasteiger charge is 2.42. The van der Waals surface area contributed by atoms with Gasteiger partial charge < -0.3 is 9.80 Å². The molecule has 60 heavy (non-hydrogen) atoms. The molecule has 2 aliphatic heterocycles. The summed E-state index contributed by atoms with van der Waals surface area (Å²) in [5.41, 5.74) is 12.5. The van der Waals surface area contributed by atoms with Crippen LogP contribution in [0.5, 0.6) is 0 Å². The maximum Gasteiger partial charge on any atom is 0.0517 e.